The molecular weight excluding hydrogens is 230 g/mol. The van der Waals surface area contributed by atoms with Crippen molar-refractivity contribution in [1.82, 2.24) is 5.16 Å². The summed E-state index contributed by atoms with van der Waals surface area (Å²) in [4.78, 5) is 0. The molecular formula is C11H10ClNO3. The topological polar surface area (TPSA) is 44.5 Å². The van der Waals surface area contributed by atoms with E-state index in [-0.39, 0.29) is 6.24 Å². The van der Waals surface area contributed by atoms with Crippen LogP contribution in [0.3, 0.4) is 0 Å². The first-order valence-corrected chi connectivity index (χ1v) is 4.88. The lowest BCUT2D eigenvalue weighted by Gasteiger charge is -2.09. The van der Waals surface area contributed by atoms with Gasteiger partial charge in [0.1, 0.15) is 13.3 Å². The maximum absolute atomic E-state index is 7.28. The van der Waals surface area contributed by atoms with E-state index in [4.69, 9.17) is 22.4 Å². The Hall–Kier alpha value is -1.68. The van der Waals surface area contributed by atoms with E-state index in [1.54, 1.807) is 12.1 Å². The average molecular weight is 241 g/mol. The number of hydrogen-bond donors (Lipinski definition) is 0. The van der Waals surface area contributed by atoms with Gasteiger partial charge in [0.25, 0.3) is 0 Å². The van der Waals surface area contributed by atoms with Gasteiger partial charge in [0, 0.05) is 17.7 Å². The number of aromatic nitrogens is 1. The molecule has 0 amide bonds. The molecule has 0 saturated carbocycles. The molecule has 0 aliphatic heterocycles. The molecule has 1 heterocycles. The van der Waals surface area contributed by atoms with Crippen LogP contribution in [0.15, 0.2) is 29.0 Å². The fourth-order valence-electron chi connectivity index (χ4n) is 1.36. The Morgan fingerprint density at radius 2 is 2.00 bits per heavy atom. The highest BCUT2D eigenvalue weighted by molar-refractivity contribution is 6.33. The molecule has 0 aliphatic rings. The Morgan fingerprint density at radius 1 is 1.31 bits per heavy atom. The molecule has 2 rings (SSSR count). The van der Waals surface area contributed by atoms with Gasteiger partial charge in [-0.05, 0) is 6.07 Å². The minimum absolute atomic E-state index is 0.0224. The van der Waals surface area contributed by atoms with Gasteiger partial charge < -0.3 is 14.0 Å². The third kappa shape index (κ3) is 1.84. The third-order valence-electron chi connectivity index (χ3n) is 2.14. The molecule has 1 aromatic heterocycles. The van der Waals surface area contributed by atoms with Gasteiger partial charge in [0.05, 0.1) is 19.2 Å². The molecule has 0 bridgehead atoms. The molecule has 1 aromatic carbocycles. The van der Waals surface area contributed by atoms with E-state index in [9.17, 15) is 0 Å². The van der Waals surface area contributed by atoms with Crippen LogP contribution in [-0.4, -0.2) is 19.4 Å². The lowest BCUT2D eigenvalue weighted by Crippen LogP contribution is -1.92. The Bertz CT molecular complexity index is 542. The minimum Gasteiger partial charge on any atom is -0.493 e. The molecule has 4 nitrogen and oxygen atoms in total. The molecule has 0 aliphatic carbocycles. The van der Waals surface area contributed by atoms with Crippen LogP contribution >= 0.6 is 11.6 Å². The first-order valence-electron chi connectivity index (χ1n) is 5.01. The number of benzene rings is 1. The normalized spacial score (nSPS) is 11.1. The molecule has 0 saturated heterocycles. The number of ether oxygens (including phenoxy) is 2. The van der Waals surface area contributed by atoms with Gasteiger partial charge in [-0.15, -0.1) is 0 Å². The highest BCUT2D eigenvalue weighted by Gasteiger charge is 2.12. The second-order valence-corrected chi connectivity index (χ2v) is 3.42. The zero-order valence-corrected chi connectivity index (χ0v) is 9.54. The van der Waals surface area contributed by atoms with Gasteiger partial charge in [0.15, 0.2) is 11.5 Å². The molecule has 0 spiro atoms. The Morgan fingerprint density at radius 3 is 2.56 bits per heavy atom. The maximum atomic E-state index is 7.28. The van der Waals surface area contributed by atoms with Crippen LogP contribution in [0, 0.1) is 0 Å². The van der Waals surface area contributed by atoms with Crippen molar-refractivity contribution in [3.05, 3.63) is 29.5 Å². The molecule has 2 aromatic rings. The lowest BCUT2D eigenvalue weighted by atomic mass is 10.1. The van der Waals surface area contributed by atoms with Crippen LogP contribution in [-0.2, 0) is 0 Å². The first-order chi connectivity index (χ1) is 8.15. The molecule has 16 heavy (non-hydrogen) atoms. The van der Waals surface area contributed by atoms with Crippen molar-refractivity contribution in [3.63, 3.8) is 0 Å². The van der Waals surface area contributed by atoms with Crippen LogP contribution in [0.5, 0.6) is 11.5 Å². The summed E-state index contributed by atoms with van der Waals surface area (Å²) in [5, 5.41) is 4.19. The fraction of sp³-hybridized carbons (Fsp3) is 0.182. The van der Waals surface area contributed by atoms with Crippen molar-refractivity contribution in [3.8, 4) is 22.8 Å². The van der Waals surface area contributed by atoms with Crippen LogP contribution in [0.2, 0.25) is 5.02 Å². The average Bonchev–Trinajstić information content (AvgIpc) is 2.75. The molecule has 84 valence electrons. The summed E-state index contributed by atoms with van der Waals surface area (Å²) in [7, 11) is 3.07. The van der Waals surface area contributed by atoms with Crippen molar-refractivity contribution in [2.45, 2.75) is 0 Å². The van der Waals surface area contributed by atoms with E-state index in [0.717, 1.165) is 0 Å². The second-order valence-electron chi connectivity index (χ2n) is 3.02. The standard InChI is InChI=1S/C11H10ClNO3/c1-14-10-5-7(9-3-4-16-13-9)8(12)6-11(10)15-2/h3-6H,1-2H3/i4D. The summed E-state index contributed by atoms with van der Waals surface area (Å²) in [6, 6.07) is 4.81. The molecule has 0 fully saturated rings. The molecule has 0 unspecified atom stereocenters. The van der Waals surface area contributed by atoms with Gasteiger partial charge in [-0.2, -0.15) is 0 Å². The van der Waals surface area contributed by atoms with E-state index in [0.29, 0.717) is 27.8 Å². The predicted molar refractivity (Wildman–Crippen MR) is 60.1 cm³/mol. The Kier molecular flexibility index (Phi) is 2.65. The number of methoxy groups -OCH3 is 2. The van der Waals surface area contributed by atoms with Gasteiger partial charge in [-0.3, -0.25) is 0 Å². The highest BCUT2D eigenvalue weighted by atomic mass is 35.5. The second kappa shape index (κ2) is 4.45. The highest BCUT2D eigenvalue weighted by Crippen LogP contribution is 2.37. The summed E-state index contributed by atoms with van der Waals surface area (Å²) in [6.07, 6.45) is -0.0224. The van der Waals surface area contributed by atoms with Crippen molar-refractivity contribution < 1.29 is 15.4 Å². The van der Waals surface area contributed by atoms with Gasteiger partial charge in [-0.25, -0.2) is 0 Å². The fourth-order valence-corrected chi connectivity index (χ4v) is 1.61. The van der Waals surface area contributed by atoms with Crippen molar-refractivity contribution in [2.75, 3.05) is 14.2 Å². The van der Waals surface area contributed by atoms with Crippen molar-refractivity contribution >= 4 is 11.6 Å². The number of nitrogens with zero attached hydrogens (tertiary/aromatic N) is 1. The summed E-state index contributed by atoms with van der Waals surface area (Å²) >= 11 is 6.10. The number of hydrogen-bond acceptors (Lipinski definition) is 4. The SMILES string of the molecule is [2H]c1cc(-c2cc(OC)c(OC)cc2Cl)no1. The zero-order valence-electron chi connectivity index (χ0n) is 9.78. The van der Waals surface area contributed by atoms with Gasteiger partial charge in [0.2, 0.25) is 0 Å². The maximum Gasteiger partial charge on any atom is 0.162 e. The van der Waals surface area contributed by atoms with E-state index < -0.39 is 0 Å². The van der Waals surface area contributed by atoms with Crippen LogP contribution in [0.4, 0.5) is 0 Å². The largest absolute Gasteiger partial charge is 0.493 e. The number of halogens is 1. The van der Waals surface area contributed by atoms with E-state index in [1.807, 2.05) is 0 Å². The summed E-state index contributed by atoms with van der Waals surface area (Å²) < 4.78 is 22.3. The van der Waals surface area contributed by atoms with Crippen LogP contribution in [0.1, 0.15) is 1.37 Å². The molecule has 0 N–H and O–H groups in total. The van der Waals surface area contributed by atoms with E-state index in [2.05, 4.69) is 9.68 Å². The molecule has 5 heteroatoms. The Labute approximate surface area is 99.1 Å². The van der Waals surface area contributed by atoms with Gasteiger partial charge >= 0.3 is 0 Å². The van der Waals surface area contributed by atoms with Crippen molar-refractivity contribution in [2.24, 2.45) is 0 Å². The summed E-state index contributed by atoms with van der Waals surface area (Å²) in [5.41, 5.74) is 1.12. The summed E-state index contributed by atoms with van der Waals surface area (Å²) in [5.74, 6) is 1.08. The molecule has 0 atom stereocenters. The zero-order chi connectivity index (χ0) is 12.4. The van der Waals surface area contributed by atoms with Crippen LogP contribution in [0.25, 0.3) is 11.3 Å². The monoisotopic (exact) mass is 240 g/mol. The third-order valence-corrected chi connectivity index (χ3v) is 2.45. The predicted octanol–water partition coefficient (Wildman–Crippen LogP) is 3.01. The lowest BCUT2D eigenvalue weighted by molar-refractivity contribution is 0.355. The Balaban J connectivity index is 2.55. The summed E-state index contributed by atoms with van der Waals surface area (Å²) in [6.45, 7) is 0. The quantitative estimate of drug-likeness (QED) is 0.827. The van der Waals surface area contributed by atoms with Crippen molar-refractivity contribution in [1.29, 1.82) is 0 Å². The number of rotatable bonds is 3. The van der Waals surface area contributed by atoms with Gasteiger partial charge in [-0.1, -0.05) is 16.8 Å². The smallest absolute Gasteiger partial charge is 0.162 e. The van der Waals surface area contributed by atoms with E-state index in [1.165, 1.54) is 20.3 Å². The minimum atomic E-state index is -0.0224. The van der Waals surface area contributed by atoms with E-state index >= 15 is 0 Å². The first kappa shape index (κ1) is 9.54. The van der Waals surface area contributed by atoms with Crippen LogP contribution < -0.4 is 9.47 Å². The molecule has 0 radical (unpaired) electrons.